The summed E-state index contributed by atoms with van der Waals surface area (Å²) in [5.74, 6) is 0.168. The van der Waals surface area contributed by atoms with Crippen LogP contribution in [-0.2, 0) is 25.7 Å². The van der Waals surface area contributed by atoms with E-state index in [1.54, 1.807) is 22.7 Å². The average molecular weight is 489 g/mol. The molecule has 0 aliphatic rings. The van der Waals surface area contributed by atoms with Crippen LogP contribution in [0.4, 0.5) is 0 Å². The minimum atomic E-state index is 0.168. The lowest BCUT2D eigenvalue weighted by Crippen LogP contribution is -2.21. The number of rotatable bonds is 14. The zero-order chi connectivity index (χ0) is 23.4. The first kappa shape index (κ1) is 24.6. The van der Waals surface area contributed by atoms with Gasteiger partial charge in [-0.1, -0.05) is 60.7 Å². The maximum Gasteiger partial charge on any atom is 0.195 e. The summed E-state index contributed by atoms with van der Waals surface area (Å²) in [6, 6.07) is 25.1. The largest absolute Gasteiger partial charge is 0.316 e. The Hall–Kier alpha value is -2.57. The van der Waals surface area contributed by atoms with E-state index in [4.69, 9.17) is 0 Å². The maximum absolute atomic E-state index is 13.3. The molecule has 34 heavy (non-hydrogen) atoms. The van der Waals surface area contributed by atoms with Crippen molar-refractivity contribution in [1.29, 1.82) is 0 Å². The first-order chi connectivity index (χ1) is 16.8. The Kier molecular flexibility index (Phi) is 9.64. The molecule has 0 amide bonds. The van der Waals surface area contributed by atoms with Crippen LogP contribution in [0.5, 0.6) is 0 Å². The third-order valence-corrected chi connectivity index (χ3v) is 7.87. The van der Waals surface area contributed by atoms with Gasteiger partial charge in [0, 0.05) is 20.9 Å². The molecule has 0 atom stereocenters. The molecule has 2 aromatic carbocycles. The van der Waals surface area contributed by atoms with Gasteiger partial charge in [-0.05, 0) is 85.9 Å². The Morgan fingerprint density at radius 2 is 0.971 bits per heavy atom. The van der Waals surface area contributed by atoms with Crippen molar-refractivity contribution >= 4 is 28.5 Å². The molecule has 0 aliphatic carbocycles. The molecular formula is C29H32N2OS2. The maximum atomic E-state index is 13.3. The zero-order valence-corrected chi connectivity index (χ0v) is 21.1. The molecule has 176 valence electrons. The van der Waals surface area contributed by atoms with Crippen LogP contribution < -0.4 is 10.6 Å². The average Bonchev–Trinajstić information content (AvgIpc) is 3.54. The molecule has 2 N–H and O–H groups in total. The molecule has 5 heteroatoms. The number of thiophene rings is 2. The summed E-state index contributed by atoms with van der Waals surface area (Å²) in [5, 5.41) is 11.1. The smallest absolute Gasteiger partial charge is 0.195 e. The first-order valence-corrected chi connectivity index (χ1v) is 13.7. The summed E-state index contributed by atoms with van der Waals surface area (Å²) in [4.78, 5) is 15.7. The fraction of sp³-hybridized carbons (Fsp3) is 0.276. The van der Waals surface area contributed by atoms with Gasteiger partial charge in [-0.25, -0.2) is 0 Å². The number of carbonyl (C=O) groups excluding carboxylic acids is 1. The van der Waals surface area contributed by atoms with Crippen LogP contribution in [0.1, 0.15) is 36.8 Å². The molecule has 0 spiro atoms. The highest BCUT2D eigenvalue weighted by molar-refractivity contribution is 7.11. The fourth-order valence-corrected chi connectivity index (χ4v) is 5.78. The zero-order valence-electron chi connectivity index (χ0n) is 19.5. The summed E-state index contributed by atoms with van der Waals surface area (Å²) in [5.41, 5.74) is 4.43. The molecule has 0 radical (unpaired) electrons. The van der Waals surface area contributed by atoms with E-state index in [0.717, 1.165) is 63.0 Å². The SMILES string of the molecule is O=C(c1ccsc1CCNCCc1ccccc1)c1ccsc1CCNCCc1ccccc1. The van der Waals surface area contributed by atoms with E-state index in [0.29, 0.717) is 0 Å². The van der Waals surface area contributed by atoms with Gasteiger partial charge < -0.3 is 10.6 Å². The number of hydrogen-bond donors (Lipinski definition) is 2. The number of nitrogens with one attached hydrogen (secondary N) is 2. The quantitative estimate of drug-likeness (QED) is 0.174. The molecule has 2 heterocycles. The van der Waals surface area contributed by atoms with Crippen molar-refractivity contribution in [3.8, 4) is 0 Å². The van der Waals surface area contributed by atoms with Crippen LogP contribution in [0.3, 0.4) is 0 Å². The van der Waals surface area contributed by atoms with Gasteiger partial charge in [0.05, 0.1) is 0 Å². The molecular weight excluding hydrogens is 456 g/mol. The van der Waals surface area contributed by atoms with Gasteiger partial charge in [0.2, 0.25) is 0 Å². The molecule has 0 bridgehead atoms. The predicted molar refractivity (Wildman–Crippen MR) is 146 cm³/mol. The van der Waals surface area contributed by atoms with Gasteiger partial charge >= 0.3 is 0 Å². The lowest BCUT2D eigenvalue weighted by atomic mass is 10.0. The summed E-state index contributed by atoms with van der Waals surface area (Å²) in [7, 11) is 0. The molecule has 3 nitrogen and oxygen atoms in total. The lowest BCUT2D eigenvalue weighted by Gasteiger charge is -2.08. The van der Waals surface area contributed by atoms with Gasteiger partial charge in [-0.2, -0.15) is 0 Å². The Labute approximate surface area is 210 Å². The van der Waals surface area contributed by atoms with Gasteiger partial charge in [-0.15, -0.1) is 22.7 Å². The van der Waals surface area contributed by atoms with Crippen LogP contribution in [0.15, 0.2) is 83.6 Å². The van der Waals surface area contributed by atoms with Crippen molar-refractivity contribution in [2.24, 2.45) is 0 Å². The lowest BCUT2D eigenvalue weighted by molar-refractivity contribution is 0.103. The molecule has 4 aromatic rings. The Bertz CT molecular complexity index is 1050. The molecule has 0 saturated carbocycles. The van der Waals surface area contributed by atoms with Crippen molar-refractivity contribution in [2.75, 3.05) is 26.2 Å². The highest BCUT2D eigenvalue weighted by Crippen LogP contribution is 2.25. The highest BCUT2D eigenvalue weighted by Gasteiger charge is 2.18. The number of hydrogen-bond acceptors (Lipinski definition) is 5. The fourth-order valence-electron chi connectivity index (χ4n) is 4.03. The Balaban J connectivity index is 1.23. The molecule has 0 aliphatic heterocycles. The van der Waals surface area contributed by atoms with E-state index in [1.807, 2.05) is 35.0 Å². The number of carbonyl (C=O) groups is 1. The van der Waals surface area contributed by atoms with E-state index >= 15 is 0 Å². The monoisotopic (exact) mass is 488 g/mol. The molecule has 0 unspecified atom stereocenters. The first-order valence-electron chi connectivity index (χ1n) is 12.0. The Morgan fingerprint density at radius 3 is 1.41 bits per heavy atom. The standard InChI is InChI=1S/C29H32N2OS2/c32-29(25-15-21-33-27(25)13-19-30-17-11-23-7-3-1-4-8-23)26-16-22-34-28(26)14-20-31-18-12-24-9-5-2-6-10-24/h1-10,15-16,21-22,30-31H,11-14,17-20H2. The van der Waals surface area contributed by atoms with E-state index in [-0.39, 0.29) is 5.78 Å². The van der Waals surface area contributed by atoms with Gasteiger partial charge in [0.15, 0.2) is 5.78 Å². The molecule has 4 rings (SSSR count). The molecule has 2 aromatic heterocycles. The van der Waals surface area contributed by atoms with Crippen molar-refractivity contribution in [3.63, 3.8) is 0 Å². The number of ketones is 1. The van der Waals surface area contributed by atoms with Crippen molar-refractivity contribution in [1.82, 2.24) is 10.6 Å². The van der Waals surface area contributed by atoms with Crippen molar-refractivity contribution in [2.45, 2.75) is 25.7 Å². The molecule has 0 fully saturated rings. The predicted octanol–water partition coefficient (Wildman–Crippen LogP) is 5.79. The third-order valence-electron chi connectivity index (χ3n) is 5.90. The van der Waals surface area contributed by atoms with Crippen LogP contribution in [0, 0.1) is 0 Å². The van der Waals surface area contributed by atoms with Gasteiger partial charge in [-0.3, -0.25) is 4.79 Å². The van der Waals surface area contributed by atoms with Gasteiger partial charge in [0.1, 0.15) is 0 Å². The summed E-state index contributed by atoms with van der Waals surface area (Å²) >= 11 is 3.38. The minimum absolute atomic E-state index is 0.168. The van der Waals surface area contributed by atoms with Gasteiger partial charge in [0.25, 0.3) is 0 Å². The summed E-state index contributed by atoms with van der Waals surface area (Å²) < 4.78 is 0. The number of benzene rings is 2. The van der Waals surface area contributed by atoms with Crippen molar-refractivity contribution < 1.29 is 4.79 Å². The second-order valence-corrected chi connectivity index (χ2v) is 10.3. The second-order valence-electron chi connectivity index (χ2n) is 8.32. The topological polar surface area (TPSA) is 41.1 Å². The molecule has 0 saturated heterocycles. The van der Waals surface area contributed by atoms with E-state index in [2.05, 4.69) is 59.2 Å². The minimum Gasteiger partial charge on any atom is -0.316 e. The highest BCUT2D eigenvalue weighted by atomic mass is 32.1. The normalized spacial score (nSPS) is 11.1. The third kappa shape index (κ3) is 7.21. The van der Waals surface area contributed by atoms with Crippen LogP contribution in [-0.4, -0.2) is 32.0 Å². The van der Waals surface area contributed by atoms with E-state index in [9.17, 15) is 4.79 Å². The van der Waals surface area contributed by atoms with Crippen LogP contribution in [0.25, 0.3) is 0 Å². The Morgan fingerprint density at radius 1 is 0.559 bits per heavy atom. The van der Waals surface area contributed by atoms with Crippen LogP contribution >= 0.6 is 22.7 Å². The summed E-state index contributed by atoms with van der Waals surface area (Å²) in [6.07, 6.45) is 3.81. The van der Waals surface area contributed by atoms with E-state index in [1.165, 1.54) is 20.9 Å². The van der Waals surface area contributed by atoms with E-state index < -0.39 is 0 Å². The second kappa shape index (κ2) is 13.4. The summed E-state index contributed by atoms with van der Waals surface area (Å²) in [6.45, 7) is 3.67. The van der Waals surface area contributed by atoms with Crippen molar-refractivity contribution in [3.05, 3.63) is 116 Å². The van der Waals surface area contributed by atoms with Crippen LogP contribution in [0.2, 0.25) is 0 Å².